The molecule has 0 fully saturated rings. The van der Waals surface area contributed by atoms with Gasteiger partial charge in [-0.3, -0.25) is 0 Å². The molecule has 2 nitrogen and oxygen atoms in total. The average molecular weight is 258 g/mol. The molecule has 0 aliphatic heterocycles. The lowest BCUT2D eigenvalue weighted by Crippen LogP contribution is -2.25. The van der Waals surface area contributed by atoms with Gasteiger partial charge in [-0.1, -0.05) is 45.9 Å². The molecule has 1 unspecified atom stereocenters. The van der Waals surface area contributed by atoms with E-state index in [1.165, 1.54) is 16.7 Å². The van der Waals surface area contributed by atoms with Crippen molar-refractivity contribution in [2.45, 2.75) is 47.1 Å². The van der Waals surface area contributed by atoms with Crippen molar-refractivity contribution in [3.8, 4) is 6.07 Å². The highest BCUT2D eigenvalue weighted by Crippen LogP contribution is 2.18. The second-order valence-corrected chi connectivity index (χ2v) is 5.95. The van der Waals surface area contributed by atoms with Gasteiger partial charge in [0.15, 0.2) is 0 Å². The summed E-state index contributed by atoms with van der Waals surface area (Å²) in [6, 6.07) is 9.05. The van der Waals surface area contributed by atoms with E-state index in [4.69, 9.17) is 5.26 Å². The molecule has 0 amide bonds. The number of hydrogen-bond donors (Lipinski definition) is 1. The largest absolute Gasteiger partial charge is 0.311 e. The number of rotatable bonds is 6. The summed E-state index contributed by atoms with van der Waals surface area (Å²) >= 11 is 0. The first kappa shape index (κ1) is 15.7. The molecule has 0 bridgehead atoms. The molecule has 1 aromatic carbocycles. The van der Waals surface area contributed by atoms with E-state index in [9.17, 15) is 0 Å². The van der Waals surface area contributed by atoms with E-state index in [2.05, 4.69) is 64.2 Å². The van der Waals surface area contributed by atoms with Gasteiger partial charge >= 0.3 is 0 Å². The molecule has 1 aromatic rings. The number of benzene rings is 1. The zero-order chi connectivity index (χ0) is 14.4. The molecule has 2 heteroatoms. The minimum atomic E-state index is 0.0913. The molecule has 0 radical (unpaired) electrons. The third kappa shape index (κ3) is 4.69. The van der Waals surface area contributed by atoms with Crippen molar-refractivity contribution in [3.63, 3.8) is 0 Å². The van der Waals surface area contributed by atoms with Gasteiger partial charge in [-0.25, -0.2) is 0 Å². The summed E-state index contributed by atoms with van der Waals surface area (Å²) in [6.07, 6.45) is 0. The number of nitriles is 1. The van der Waals surface area contributed by atoms with Crippen molar-refractivity contribution in [1.29, 1.82) is 5.26 Å². The van der Waals surface area contributed by atoms with Crippen LogP contribution in [0.25, 0.3) is 0 Å². The van der Waals surface area contributed by atoms with Gasteiger partial charge in [0, 0.05) is 13.1 Å². The average Bonchev–Trinajstić information content (AvgIpc) is 2.35. The van der Waals surface area contributed by atoms with E-state index >= 15 is 0 Å². The first-order valence-corrected chi connectivity index (χ1v) is 7.15. The first-order chi connectivity index (χ1) is 8.95. The maximum Gasteiger partial charge on any atom is 0.0671 e. The minimum absolute atomic E-state index is 0.0913. The summed E-state index contributed by atoms with van der Waals surface area (Å²) in [5.74, 6) is 1.05. The molecular formula is C17H26N2. The van der Waals surface area contributed by atoms with Gasteiger partial charge in [-0.15, -0.1) is 0 Å². The monoisotopic (exact) mass is 258 g/mol. The predicted molar refractivity (Wildman–Crippen MR) is 80.9 cm³/mol. The number of aryl methyl sites for hydroxylation is 1. The van der Waals surface area contributed by atoms with Crippen LogP contribution in [-0.4, -0.2) is 6.54 Å². The summed E-state index contributed by atoms with van der Waals surface area (Å²) < 4.78 is 0. The standard InChI is InChI=1S/C17H26N2/c1-12(2)15-7-6-14(5)16(8-15)10-19-11-17(9-18)13(3)4/h6-8,12-13,17,19H,10-11H2,1-5H3. The lowest BCUT2D eigenvalue weighted by atomic mass is 9.96. The summed E-state index contributed by atoms with van der Waals surface area (Å²) in [5, 5.41) is 12.5. The van der Waals surface area contributed by atoms with E-state index in [-0.39, 0.29) is 5.92 Å². The molecule has 1 rings (SSSR count). The number of nitrogens with one attached hydrogen (secondary N) is 1. The van der Waals surface area contributed by atoms with Crippen LogP contribution in [-0.2, 0) is 6.54 Å². The van der Waals surface area contributed by atoms with Gasteiger partial charge < -0.3 is 5.32 Å². The van der Waals surface area contributed by atoms with E-state index in [1.54, 1.807) is 0 Å². The van der Waals surface area contributed by atoms with Crippen molar-refractivity contribution in [3.05, 3.63) is 34.9 Å². The fourth-order valence-corrected chi connectivity index (χ4v) is 2.03. The van der Waals surface area contributed by atoms with Crippen LogP contribution in [0.1, 0.15) is 50.3 Å². The third-order valence-corrected chi connectivity index (χ3v) is 3.69. The summed E-state index contributed by atoms with van der Waals surface area (Å²) in [6.45, 7) is 12.4. The molecular weight excluding hydrogens is 232 g/mol. The molecule has 1 atom stereocenters. The zero-order valence-corrected chi connectivity index (χ0v) is 12.8. The lowest BCUT2D eigenvalue weighted by Gasteiger charge is -2.15. The molecule has 0 spiro atoms. The third-order valence-electron chi connectivity index (χ3n) is 3.69. The van der Waals surface area contributed by atoms with Gasteiger partial charge in [0.1, 0.15) is 0 Å². The molecule has 0 heterocycles. The fraction of sp³-hybridized carbons (Fsp3) is 0.588. The minimum Gasteiger partial charge on any atom is -0.311 e. The van der Waals surface area contributed by atoms with Crippen LogP contribution in [0.2, 0.25) is 0 Å². The van der Waals surface area contributed by atoms with E-state index in [1.807, 2.05) is 0 Å². The van der Waals surface area contributed by atoms with Crippen molar-refractivity contribution < 1.29 is 0 Å². The Morgan fingerprint density at radius 1 is 1.21 bits per heavy atom. The second-order valence-electron chi connectivity index (χ2n) is 5.95. The van der Waals surface area contributed by atoms with Crippen LogP contribution in [0, 0.1) is 30.1 Å². The Hall–Kier alpha value is -1.33. The highest BCUT2D eigenvalue weighted by molar-refractivity contribution is 5.32. The smallest absolute Gasteiger partial charge is 0.0671 e. The van der Waals surface area contributed by atoms with E-state index in [0.29, 0.717) is 11.8 Å². The van der Waals surface area contributed by atoms with Crippen molar-refractivity contribution in [2.24, 2.45) is 11.8 Å². The number of nitrogens with zero attached hydrogens (tertiary/aromatic N) is 1. The quantitative estimate of drug-likeness (QED) is 0.837. The Kier molecular flexibility index (Phi) is 6.05. The predicted octanol–water partition coefficient (Wildman–Crippen LogP) is 4.00. The summed E-state index contributed by atoms with van der Waals surface area (Å²) in [4.78, 5) is 0. The van der Waals surface area contributed by atoms with Crippen LogP contribution in [0.5, 0.6) is 0 Å². The van der Waals surface area contributed by atoms with Crippen molar-refractivity contribution in [2.75, 3.05) is 6.54 Å². The Labute approximate surface area is 117 Å². The Morgan fingerprint density at radius 3 is 2.42 bits per heavy atom. The molecule has 19 heavy (non-hydrogen) atoms. The molecule has 0 aromatic heterocycles. The SMILES string of the molecule is Cc1ccc(C(C)C)cc1CNCC(C#N)C(C)C. The van der Waals surface area contributed by atoms with Crippen molar-refractivity contribution >= 4 is 0 Å². The second kappa shape index (κ2) is 7.31. The van der Waals surface area contributed by atoms with E-state index in [0.717, 1.165) is 13.1 Å². The Morgan fingerprint density at radius 2 is 1.89 bits per heavy atom. The van der Waals surface area contributed by atoms with Crippen LogP contribution in [0.3, 0.4) is 0 Å². The molecule has 0 aliphatic carbocycles. The maximum absolute atomic E-state index is 9.08. The molecule has 0 saturated heterocycles. The van der Waals surface area contributed by atoms with Crippen LogP contribution in [0.15, 0.2) is 18.2 Å². The van der Waals surface area contributed by atoms with Gasteiger partial charge in [0.25, 0.3) is 0 Å². The molecule has 104 valence electrons. The van der Waals surface area contributed by atoms with Crippen molar-refractivity contribution in [1.82, 2.24) is 5.32 Å². The fourth-order valence-electron chi connectivity index (χ4n) is 2.03. The van der Waals surface area contributed by atoms with Gasteiger partial charge in [-0.2, -0.15) is 5.26 Å². The highest BCUT2D eigenvalue weighted by atomic mass is 14.9. The molecule has 1 N–H and O–H groups in total. The molecule has 0 saturated carbocycles. The first-order valence-electron chi connectivity index (χ1n) is 7.15. The van der Waals surface area contributed by atoms with Gasteiger partial charge in [0.05, 0.1) is 12.0 Å². The van der Waals surface area contributed by atoms with Crippen LogP contribution < -0.4 is 5.32 Å². The zero-order valence-electron chi connectivity index (χ0n) is 12.8. The number of hydrogen-bond acceptors (Lipinski definition) is 2. The maximum atomic E-state index is 9.08. The van der Waals surface area contributed by atoms with Crippen LogP contribution in [0.4, 0.5) is 0 Å². The Bertz CT molecular complexity index is 441. The van der Waals surface area contributed by atoms with Crippen LogP contribution >= 0.6 is 0 Å². The van der Waals surface area contributed by atoms with Gasteiger partial charge in [0.2, 0.25) is 0 Å². The summed E-state index contributed by atoms with van der Waals surface area (Å²) in [7, 11) is 0. The molecule has 0 aliphatic rings. The Balaban J connectivity index is 2.63. The summed E-state index contributed by atoms with van der Waals surface area (Å²) in [5.41, 5.74) is 4.03. The topological polar surface area (TPSA) is 35.8 Å². The van der Waals surface area contributed by atoms with E-state index < -0.39 is 0 Å². The highest BCUT2D eigenvalue weighted by Gasteiger charge is 2.11. The van der Waals surface area contributed by atoms with Gasteiger partial charge in [-0.05, 0) is 35.4 Å². The normalized spacial score (nSPS) is 12.7. The lowest BCUT2D eigenvalue weighted by molar-refractivity contribution is 0.441.